The second-order valence-corrected chi connectivity index (χ2v) is 9.20. The molecule has 0 bridgehead atoms. The summed E-state index contributed by atoms with van der Waals surface area (Å²) in [6.07, 6.45) is 3.46. The molecule has 0 aromatic carbocycles. The Bertz CT molecular complexity index is 377. The van der Waals surface area contributed by atoms with Gasteiger partial charge in [-0.25, -0.2) is 8.78 Å². The van der Waals surface area contributed by atoms with Gasteiger partial charge < -0.3 is 0 Å². The molecule has 112 valence electrons. The van der Waals surface area contributed by atoms with E-state index in [1.54, 1.807) is 6.92 Å². The molecule has 2 aliphatic rings. The van der Waals surface area contributed by atoms with Crippen molar-refractivity contribution < 1.29 is 8.78 Å². The number of hydrogen-bond acceptors (Lipinski definition) is 0. The third kappa shape index (κ3) is 1.96. The zero-order valence-corrected chi connectivity index (χ0v) is 13.7. The van der Waals surface area contributed by atoms with Crippen LogP contribution in [-0.4, -0.2) is 5.92 Å². The molecule has 0 N–H and O–H groups in total. The van der Waals surface area contributed by atoms with Crippen LogP contribution in [0.2, 0.25) is 0 Å². The Morgan fingerprint density at radius 1 is 1.05 bits per heavy atom. The quantitative estimate of drug-likeness (QED) is 0.599. The molecular weight excluding hydrogens is 242 g/mol. The average Bonchev–Trinajstić information content (AvgIpc) is 2.73. The fourth-order valence-electron chi connectivity index (χ4n) is 4.07. The summed E-state index contributed by atoms with van der Waals surface area (Å²) in [5, 5.41) is 0. The Balaban J connectivity index is 2.11. The largest absolute Gasteiger partial charge is 0.254 e. The fraction of sp³-hybridized carbons (Fsp3) is 1.00. The van der Waals surface area contributed by atoms with Crippen LogP contribution in [0.4, 0.5) is 8.78 Å². The molecule has 0 aliphatic heterocycles. The third-order valence-electron chi connectivity index (χ3n) is 7.13. The molecule has 2 aliphatic carbocycles. The lowest BCUT2D eigenvalue weighted by Crippen LogP contribution is -2.49. The van der Waals surface area contributed by atoms with Crippen molar-refractivity contribution in [2.45, 2.75) is 80.1 Å². The minimum absolute atomic E-state index is 0.0753. The molecule has 2 fully saturated rings. The Morgan fingerprint density at radius 3 is 1.79 bits per heavy atom. The second kappa shape index (κ2) is 3.74. The van der Waals surface area contributed by atoms with E-state index in [0.717, 1.165) is 6.42 Å². The van der Waals surface area contributed by atoms with Gasteiger partial charge in [0.15, 0.2) is 0 Å². The van der Waals surface area contributed by atoms with Crippen LogP contribution in [0.25, 0.3) is 0 Å². The van der Waals surface area contributed by atoms with Gasteiger partial charge in [-0.05, 0) is 41.4 Å². The highest BCUT2D eigenvalue weighted by molar-refractivity contribution is 5.15. The molecule has 0 aromatic heterocycles. The summed E-state index contributed by atoms with van der Waals surface area (Å²) in [7, 11) is 0. The molecule has 0 heterocycles. The zero-order chi connectivity index (χ0) is 14.9. The van der Waals surface area contributed by atoms with Gasteiger partial charge in [-0.1, -0.05) is 48.5 Å². The molecule has 19 heavy (non-hydrogen) atoms. The summed E-state index contributed by atoms with van der Waals surface area (Å²) < 4.78 is 27.4. The van der Waals surface area contributed by atoms with Crippen molar-refractivity contribution in [2.24, 2.45) is 27.6 Å². The van der Waals surface area contributed by atoms with Crippen LogP contribution in [0.3, 0.4) is 0 Å². The van der Waals surface area contributed by atoms with Crippen molar-refractivity contribution in [3.05, 3.63) is 0 Å². The number of rotatable bonds is 3. The molecule has 0 nitrogen and oxygen atoms in total. The molecule has 2 rings (SSSR count). The molecule has 0 aromatic rings. The summed E-state index contributed by atoms with van der Waals surface area (Å²) in [5.41, 5.74) is -0.480. The van der Waals surface area contributed by atoms with E-state index in [-0.39, 0.29) is 17.3 Å². The van der Waals surface area contributed by atoms with Gasteiger partial charge in [0, 0.05) is 11.8 Å². The van der Waals surface area contributed by atoms with Crippen LogP contribution >= 0.6 is 0 Å². The van der Waals surface area contributed by atoms with E-state index in [4.69, 9.17) is 0 Å². The van der Waals surface area contributed by atoms with E-state index in [1.807, 2.05) is 0 Å². The van der Waals surface area contributed by atoms with E-state index in [1.165, 1.54) is 12.8 Å². The maximum atomic E-state index is 13.7. The summed E-state index contributed by atoms with van der Waals surface area (Å²) in [5.74, 6) is -1.85. The molecule has 2 heteroatoms. The Morgan fingerprint density at radius 2 is 1.53 bits per heavy atom. The van der Waals surface area contributed by atoms with Crippen molar-refractivity contribution in [3.8, 4) is 0 Å². The number of alkyl halides is 2. The predicted octanol–water partition coefficient (Wildman–Crippen LogP) is 5.91. The second-order valence-electron chi connectivity index (χ2n) is 9.20. The van der Waals surface area contributed by atoms with Gasteiger partial charge in [0.2, 0.25) is 0 Å². The highest BCUT2D eigenvalue weighted by atomic mass is 19.3. The first-order valence-corrected chi connectivity index (χ1v) is 7.65. The van der Waals surface area contributed by atoms with E-state index < -0.39 is 11.3 Å². The van der Waals surface area contributed by atoms with E-state index in [9.17, 15) is 8.78 Å². The first-order chi connectivity index (χ1) is 8.27. The van der Waals surface area contributed by atoms with Crippen molar-refractivity contribution in [3.63, 3.8) is 0 Å². The molecular formula is C17H30F2. The lowest BCUT2D eigenvalue weighted by Gasteiger charge is -2.58. The third-order valence-corrected chi connectivity index (χ3v) is 7.13. The number of halogens is 2. The Labute approximate surface area is 117 Å². The van der Waals surface area contributed by atoms with Gasteiger partial charge in [-0.3, -0.25) is 0 Å². The maximum absolute atomic E-state index is 13.7. The first-order valence-electron chi connectivity index (χ1n) is 7.65. The standard InChI is InChI=1S/C17H30F2/c1-13(2,3)15(6)9-8-12(15)10-14(4,5)16(7)11-17(16,18)19/h12H,8-11H2,1-7H3. The Hall–Kier alpha value is -0.140. The maximum Gasteiger partial charge on any atom is 0.254 e. The summed E-state index contributed by atoms with van der Waals surface area (Å²) in [6.45, 7) is 15.1. The number of hydrogen-bond donors (Lipinski definition) is 0. The van der Waals surface area contributed by atoms with E-state index >= 15 is 0 Å². The van der Waals surface area contributed by atoms with Gasteiger partial charge in [0.05, 0.1) is 0 Å². The zero-order valence-electron chi connectivity index (χ0n) is 13.7. The molecule has 3 unspecified atom stereocenters. The SMILES string of the molecule is CC(C)(C)C1(C)CCC1CC(C)(C)C1(C)CC1(F)F. The van der Waals surface area contributed by atoms with Crippen LogP contribution in [0.1, 0.15) is 74.1 Å². The van der Waals surface area contributed by atoms with Crippen molar-refractivity contribution >= 4 is 0 Å². The Kier molecular flexibility index (Phi) is 3.00. The molecule has 0 spiro atoms. The normalized spacial score (nSPS) is 41.8. The fourth-order valence-corrected chi connectivity index (χ4v) is 4.07. The first kappa shape index (κ1) is 15.3. The van der Waals surface area contributed by atoms with Crippen LogP contribution in [-0.2, 0) is 0 Å². The van der Waals surface area contributed by atoms with Crippen molar-refractivity contribution in [1.29, 1.82) is 0 Å². The molecule has 0 amide bonds. The lowest BCUT2D eigenvalue weighted by molar-refractivity contribution is -0.0922. The van der Waals surface area contributed by atoms with Crippen LogP contribution in [0.5, 0.6) is 0 Å². The van der Waals surface area contributed by atoms with Crippen molar-refractivity contribution in [2.75, 3.05) is 0 Å². The highest BCUT2D eigenvalue weighted by Crippen LogP contribution is 2.72. The summed E-state index contributed by atoms with van der Waals surface area (Å²) >= 11 is 0. The smallest absolute Gasteiger partial charge is 0.206 e. The van der Waals surface area contributed by atoms with Crippen molar-refractivity contribution in [1.82, 2.24) is 0 Å². The van der Waals surface area contributed by atoms with Gasteiger partial charge in [-0.15, -0.1) is 0 Å². The lowest BCUT2D eigenvalue weighted by atomic mass is 9.47. The monoisotopic (exact) mass is 272 g/mol. The van der Waals surface area contributed by atoms with Gasteiger partial charge in [-0.2, -0.15) is 0 Å². The average molecular weight is 272 g/mol. The minimum atomic E-state index is -2.45. The van der Waals surface area contributed by atoms with Gasteiger partial charge in [0.1, 0.15) is 0 Å². The van der Waals surface area contributed by atoms with E-state index in [2.05, 4.69) is 41.5 Å². The van der Waals surface area contributed by atoms with Crippen LogP contribution < -0.4 is 0 Å². The summed E-state index contributed by atoms with van der Waals surface area (Å²) in [4.78, 5) is 0. The van der Waals surface area contributed by atoms with Crippen LogP contribution in [0, 0.1) is 27.6 Å². The molecule has 0 radical (unpaired) electrons. The van der Waals surface area contributed by atoms with Crippen LogP contribution in [0.15, 0.2) is 0 Å². The van der Waals surface area contributed by atoms with Gasteiger partial charge in [0.25, 0.3) is 5.92 Å². The molecule has 2 saturated carbocycles. The van der Waals surface area contributed by atoms with E-state index in [0.29, 0.717) is 11.3 Å². The topological polar surface area (TPSA) is 0 Å². The molecule has 3 atom stereocenters. The summed E-state index contributed by atoms with van der Waals surface area (Å²) in [6, 6.07) is 0. The highest BCUT2D eigenvalue weighted by Gasteiger charge is 2.74. The minimum Gasteiger partial charge on any atom is -0.206 e. The van der Waals surface area contributed by atoms with Gasteiger partial charge >= 0.3 is 0 Å². The molecule has 0 saturated heterocycles. The predicted molar refractivity (Wildman–Crippen MR) is 76.4 cm³/mol.